The standard InChI is InChI=1S/C20H16Cl2N2O2/c1-13-17(22)8-3-9-18(13)23-19(25)16-7-4-10-24(20(16)26)12-14-5-2-6-15(21)11-14/h2-11H,12H2,1H3,(H,23,25). The second-order valence-electron chi connectivity index (χ2n) is 5.85. The Labute approximate surface area is 161 Å². The quantitative estimate of drug-likeness (QED) is 0.702. The lowest BCUT2D eigenvalue weighted by atomic mass is 10.1. The molecule has 1 N–H and O–H groups in total. The minimum Gasteiger partial charge on any atom is -0.322 e. The van der Waals surface area contributed by atoms with Crippen LogP contribution in [0.4, 0.5) is 5.69 Å². The molecule has 1 aromatic heterocycles. The predicted octanol–water partition coefficient (Wildman–Crippen LogP) is 4.76. The van der Waals surface area contributed by atoms with E-state index >= 15 is 0 Å². The van der Waals surface area contributed by atoms with Crippen molar-refractivity contribution in [3.63, 3.8) is 0 Å². The Morgan fingerprint density at radius 2 is 1.85 bits per heavy atom. The molecular weight excluding hydrogens is 371 g/mol. The van der Waals surface area contributed by atoms with Crippen molar-refractivity contribution in [1.29, 1.82) is 0 Å². The van der Waals surface area contributed by atoms with Crippen molar-refractivity contribution in [2.75, 3.05) is 5.32 Å². The minimum atomic E-state index is -0.471. The third-order valence-electron chi connectivity index (χ3n) is 4.02. The predicted molar refractivity (Wildman–Crippen MR) is 105 cm³/mol. The van der Waals surface area contributed by atoms with Crippen LogP contribution in [0.1, 0.15) is 21.5 Å². The van der Waals surface area contributed by atoms with E-state index in [2.05, 4.69) is 5.32 Å². The number of carbonyl (C=O) groups is 1. The van der Waals surface area contributed by atoms with Gasteiger partial charge in [-0.25, -0.2) is 0 Å². The summed E-state index contributed by atoms with van der Waals surface area (Å²) in [6.45, 7) is 2.14. The van der Waals surface area contributed by atoms with Gasteiger partial charge in [0.2, 0.25) is 0 Å². The van der Waals surface area contributed by atoms with Gasteiger partial charge in [-0.15, -0.1) is 0 Å². The van der Waals surface area contributed by atoms with Gasteiger partial charge in [0.05, 0.1) is 6.54 Å². The summed E-state index contributed by atoms with van der Waals surface area (Å²) in [6.07, 6.45) is 1.64. The van der Waals surface area contributed by atoms with Crippen molar-refractivity contribution in [2.24, 2.45) is 0 Å². The maximum atomic E-state index is 12.7. The van der Waals surface area contributed by atoms with Crippen molar-refractivity contribution in [1.82, 2.24) is 4.57 Å². The van der Waals surface area contributed by atoms with Crippen LogP contribution in [0, 0.1) is 6.92 Å². The first-order chi connectivity index (χ1) is 12.5. The number of nitrogens with zero attached hydrogens (tertiary/aromatic N) is 1. The van der Waals surface area contributed by atoms with Crippen molar-refractivity contribution in [3.8, 4) is 0 Å². The molecule has 0 aliphatic rings. The highest BCUT2D eigenvalue weighted by Crippen LogP contribution is 2.23. The first-order valence-electron chi connectivity index (χ1n) is 7.96. The topological polar surface area (TPSA) is 51.1 Å². The molecule has 0 aliphatic heterocycles. The SMILES string of the molecule is Cc1c(Cl)cccc1NC(=O)c1cccn(Cc2cccc(Cl)c2)c1=O. The first kappa shape index (κ1) is 18.2. The van der Waals surface area contributed by atoms with Gasteiger partial charge in [0, 0.05) is 21.9 Å². The number of rotatable bonds is 4. The Morgan fingerprint density at radius 1 is 1.08 bits per heavy atom. The van der Waals surface area contributed by atoms with Gasteiger partial charge >= 0.3 is 0 Å². The molecule has 0 unspecified atom stereocenters. The molecule has 0 saturated heterocycles. The second-order valence-corrected chi connectivity index (χ2v) is 6.69. The number of aromatic nitrogens is 1. The molecule has 3 rings (SSSR count). The normalized spacial score (nSPS) is 10.6. The van der Waals surface area contributed by atoms with Gasteiger partial charge in [-0.3, -0.25) is 9.59 Å². The molecule has 1 amide bonds. The highest BCUT2D eigenvalue weighted by atomic mass is 35.5. The monoisotopic (exact) mass is 386 g/mol. The van der Waals surface area contributed by atoms with Crippen LogP contribution in [0.3, 0.4) is 0 Å². The van der Waals surface area contributed by atoms with E-state index in [1.54, 1.807) is 49.5 Å². The van der Waals surface area contributed by atoms with Crippen molar-refractivity contribution in [3.05, 3.63) is 97.9 Å². The average Bonchev–Trinajstić information content (AvgIpc) is 2.61. The Kier molecular flexibility index (Phi) is 5.45. The Bertz CT molecular complexity index is 1030. The fourth-order valence-corrected chi connectivity index (χ4v) is 2.99. The van der Waals surface area contributed by atoms with Gasteiger partial charge in [-0.2, -0.15) is 0 Å². The van der Waals surface area contributed by atoms with E-state index in [0.717, 1.165) is 11.1 Å². The largest absolute Gasteiger partial charge is 0.322 e. The van der Waals surface area contributed by atoms with Crippen LogP contribution in [0.25, 0.3) is 0 Å². The van der Waals surface area contributed by atoms with Crippen LogP contribution >= 0.6 is 23.2 Å². The third kappa shape index (κ3) is 3.98. The number of pyridine rings is 1. The lowest BCUT2D eigenvalue weighted by molar-refractivity contribution is 0.102. The zero-order valence-corrected chi connectivity index (χ0v) is 15.5. The first-order valence-corrected chi connectivity index (χ1v) is 8.71. The molecule has 0 aliphatic carbocycles. The van der Waals surface area contributed by atoms with Gasteiger partial charge in [0.1, 0.15) is 5.56 Å². The van der Waals surface area contributed by atoms with E-state index in [0.29, 0.717) is 22.3 Å². The van der Waals surface area contributed by atoms with Crippen LogP contribution in [0.5, 0.6) is 0 Å². The number of hydrogen-bond acceptors (Lipinski definition) is 2. The maximum absolute atomic E-state index is 12.7. The molecule has 0 radical (unpaired) electrons. The maximum Gasteiger partial charge on any atom is 0.263 e. The molecule has 0 fully saturated rings. The summed E-state index contributed by atoms with van der Waals surface area (Å²) in [5.74, 6) is -0.471. The molecule has 0 saturated carbocycles. The van der Waals surface area contributed by atoms with Crippen LogP contribution in [0.2, 0.25) is 10.0 Å². The minimum absolute atomic E-state index is 0.0638. The van der Waals surface area contributed by atoms with E-state index in [1.165, 1.54) is 10.6 Å². The molecule has 26 heavy (non-hydrogen) atoms. The second kappa shape index (κ2) is 7.77. The summed E-state index contributed by atoms with van der Waals surface area (Å²) in [5, 5.41) is 3.90. The van der Waals surface area contributed by atoms with Crippen molar-refractivity contribution < 1.29 is 4.79 Å². The number of carbonyl (C=O) groups excluding carboxylic acids is 1. The molecule has 1 heterocycles. The number of anilines is 1. The van der Waals surface area contributed by atoms with E-state index in [1.807, 2.05) is 12.1 Å². The fraction of sp³-hybridized carbons (Fsp3) is 0.100. The molecule has 132 valence electrons. The summed E-state index contributed by atoms with van der Waals surface area (Å²) in [5.41, 5.74) is 1.89. The highest BCUT2D eigenvalue weighted by molar-refractivity contribution is 6.31. The molecule has 4 nitrogen and oxygen atoms in total. The fourth-order valence-electron chi connectivity index (χ4n) is 2.60. The molecular formula is C20H16Cl2N2O2. The number of nitrogens with one attached hydrogen (secondary N) is 1. The Balaban J connectivity index is 1.88. The van der Waals surface area contributed by atoms with Crippen LogP contribution in [-0.4, -0.2) is 10.5 Å². The zero-order valence-electron chi connectivity index (χ0n) is 14.0. The summed E-state index contributed by atoms with van der Waals surface area (Å²) in [4.78, 5) is 25.3. The van der Waals surface area contributed by atoms with E-state index < -0.39 is 5.91 Å². The molecule has 3 aromatic rings. The molecule has 0 atom stereocenters. The smallest absolute Gasteiger partial charge is 0.263 e. The Morgan fingerprint density at radius 3 is 2.62 bits per heavy atom. The van der Waals surface area contributed by atoms with Crippen LogP contribution < -0.4 is 10.9 Å². The van der Waals surface area contributed by atoms with Gasteiger partial charge < -0.3 is 9.88 Å². The third-order valence-corrected chi connectivity index (χ3v) is 4.67. The van der Waals surface area contributed by atoms with E-state index in [9.17, 15) is 9.59 Å². The number of halogens is 2. The zero-order chi connectivity index (χ0) is 18.7. The van der Waals surface area contributed by atoms with Gasteiger partial charge in [0.25, 0.3) is 11.5 Å². The summed E-state index contributed by atoms with van der Waals surface area (Å²) in [6, 6.07) is 15.7. The molecule has 0 bridgehead atoms. The number of amides is 1. The molecule has 6 heteroatoms. The Hall–Kier alpha value is -2.56. The average molecular weight is 387 g/mol. The van der Waals surface area contributed by atoms with E-state index in [4.69, 9.17) is 23.2 Å². The highest BCUT2D eigenvalue weighted by Gasteiger charge is 2.14. The van der Waals surface area contributed by atoms with E-state index in [-0.39, 0.29) is 11.1 Å². The van der Waals surface area contributed by atoms with Gasteiger partial charge in [0.15, 0.2) is 0 Å². The molecule has 2 aromatic carbocycles. The van der Waals surface area contributed by atoms with Crippen LogP contribution in [0.15, 0.2) is 65.6 Å². The summed E-state index contributed by atoms with van der Waals surface area (Å²) < 4.78 is 1.48. The van der Waals surface area contributed by atoms with Gasteiger partial charge in [-0.1, -0.05) is 41.4 Å². The molecule has 0 spiro atoms. The lowest BCUT2D eigenvalue weighted by Gasteiger charge is -2.11. The van der Waals surface area contributed by atoms with Crippen molar-refractivity contribution >= 4 is 34.8 Å². The summed E-state index contributed by atoms with van der Waals surface area (Å²) in [7, 11) is 0. The lowest BCUT2D eigenvalue weighted by Crippen LogP contribution is -2.29. The van der Waals surface area contributed by atoms with Gasteiger partial charge in [-0.05, 0) is 54.4 Å². The number of benzene rings is 2. The van der Waals surface area contributed by atoms with Crippen molar-refractivity contribution in [2.45, 2.75) is 13.5 Å². The van der Waals surface area contributed by atoms with Crippen LogP contribution in [-0.2, 0) is 6.54 Å². The number of hydrogen-bond donors (Lipinski definition) is 1. The summed E-state index contributed by atoms with van der Waals surface area (Å²) >= 11 is 12.1.